The lowest BCUT2D eigenvalue weighted by Crippen LogP contribution is -2.69. The Morgan fingerprint density at radius 3 is 1.19 bits per heavy atom. The van der Waals surface area contributed by atoms with E-state index in [1.165, 1.54) is 18.9 Å². The Labute approximate surface area is 685 Å². The average molecular weight is 1570 g/mol. The molecule has 27 heteroatoms. The first-order chi connectivity index (χ1) is 58.1. The number of benzene rings is 1. The lowest BCUT2D eigenvalue weighted by atomic mass is 9.85. The smallest absolute Gasteiger partial charge is 0.138 e. The molecule has 9 aliphatic heterocycles. The highest BCUT2D eigenvalue weighted by Crippen LogP contribution is 2.44. The highest BCUT2D eigenvalue weighted by molar-refractivity contribution is 5.90. The Kier molecular flexibility index (Phi) is 19.1. The number of nitrogens with zero attached hydrogens (tertiary/aromatic N) is 26. The molecule has 9 saturated heterocycles. The number of piperazine rings is 3. The lowest BCUT2D eigenvalue weighted by Gasteiger charge is -2.58. The predicted octanol–water partition coefficient (Wildman–Crippen LogP) is 11.8. The van der Waals surface area contributed by atoms with Gasteiger partial charge in [0.15, 0.2) is 0 Å². The van der Waals surface area contributed by atoms with Crippen molar-refractivity contribution in [3.63, 3.8) is 0 Å². The lowest BCUT2D eigenvalue weighted by molar-refractivity contribution is -0.0356. The van der Waals surface area contributed by atoms with E-state index in [4.69, 9.17) is 34.2 Å². The Hall–Kier alpha value is -15.0. The number of piperidine rings is 3. The zero-order valence-electron chi connectivity index (χ0n) is 65.6. The van der Waals surface area contributed by atoms with E-state index in [0.717, 1.165) is 176 Å². The van der Waals surface area contributed by atoms with Gasteiger partial charge < -0.3 is 14.7 Å². The summed E-state index contributed by atoms with van der Waals surface area (Å²) in [5.74, 6) is 10.2. The van der Waals surface area contributed by atoms with Gasteiger partial charge in [-0.2, -0.15) is 46.4 Å². The van der Waals surface area contributed by atoms with Gasteiger partial charge in [0.25, 0.3) is 0 Å². The van der Waals surface area contributed by atoms with Crippen LogP contribution in [0.25, 0.3) is 83.3 Å². The van der Waals surface area contributed by atoms with E-state index in [1.54, 1.807) is 52.2 Å². The summed E-state index contributed by atoms with van der Waals surface area (Å²) in [5.41, 5.74) is 20.0. The summed E-state index contributed by atoms with van der Waals surface area (Å²) in [5, 5.41) is 55.4. The fourth-order valence-electron chi connectivity index (χ4n) is 18.1. The molecule has 7 unspecified atom stereocenters. The highest BCUT2D eigenvalue weighted by atomic mass is 19.1. The number of terminal acetylenes is 3. The molecule has 9 aliphatic rings. The molecule has 24 rings (SSSR count). The first-order valence-corrected chi connectivity index (χ1v) is 39.4. The molecule has 23 heterocycles. The molecule has 14 aromatic heterocycles. The Balaban J connectivity index is 0.000000118. The summed E-state index contributed by atoms with van der Waals surface area (Å²) in [6, 6.07) is 45.3. The van der Waals surface area contributed by atoms with Crippen LogP contribution >= 0.6 is 0 Å². The van der Waals surface area contributed by atoms with E-state index in [0.29, 0.717) is 69.9 Å². The predicted molar refractivity (Wildman–Crippen MR) is 449 cm³/mol. The fourth-order valence-corrected chi connectivity index (χ4v) is 18.1. The van der Waals surface area contributed by atoms with Crippen LogP contribution in [0, 0.1) is 76.8 Å². The van der Waals surface area contributed by atoms with Crippen LogP contribution in [-0.4, -0.2) is 173 Å². The summed E-state index contributed by atoms with van der Waals surface area (Å²) in [4.78, 5) is 38.5. The van der Waals surface area contributed by atoms with Crippen molar-refractivity contribution in [2.75, 3.05) is 54.0 Å². The third-order valence-corrected chi connectivity index (χ3v) is 24.0. The van der Waals surface area contributed by atoms with E-state index in [9.17, 15) is 20.2 Å². The number of pyridine rings is 8. The second-order valence-corrected chi connectivity index (χ2v) is 31.3. The van der Waals surface area contributed by atoms with Crippen molar-refractivity contribution in [3.8, 4) is 122 Å². The quantitative estimate of drug-likeness (QED) is 0.0864. The van der Waals surface area contributed by atoms with Gasteiger partial charge in [-0.1, -0.05) is 36.0 Å². The number of hydrogen-bond acceptors (Lipinski definition) is 20. The number of anilines is 3. The van der Waals surface area contributed by atoms with Gasteiger partial charge in [0, 0.05) is 238 Å². The molecule has 0 N–H and O–H groups in total. The maximum absolute atomic E-state index is 13.8. The van der Waals surface area contributed by atoms with Gasteiger partial charge >= 0.3 is 0 Å². The summed E-state index contributed by atoms with van der Waals surface area (Å²) >= 11 is 0. The van der Waals surface area contributed by atoms with Crippen molar-refractivity contribution in [2.45, 2.75) is 81.6 Å². The Bertz CT molecular complexity index is 6680. The average Bonchev–Trinajstić information content (AvgIpc) is 1.56. The summed E-state index contributed by atoms with van der Waals surface area (Å²) in [6.07, 6.45) is 47.7. The molecule has 26 nitrogen and oxygen atoms in total. The van der Waals surface area contributed by atoms with Crippen molar-refractivity contribution in [1.82, 2.24) is 97.8 Å². The second kappa shape index (κ2) is 30.7. The number of rotatable bonds is 15. The van der Waals surface area contributed by atoms with Crippen LogP contribution in [0.2, 0.25) is 0 Å². The maximum atomic E-state index is 13.8. The molecule has 0 radical (unpaired) electrons. The van der Waals surface area contributed by atoms with Crippen LogP contribution in [-0.2, 0) is 34.2 Å². The zero-order valence-corrected chi connectivity index (χ0v) is 65.6. The van der Waals surface area contributed by atoms with Crippen LogP contribution in [0.15, 0.2) is 202 Å². The van der Waals surface area contributed by atoms with Gasteiger partial charge in [-0.05, 0) is 123 Å². The first-order valence-electron chi connectivity index (χ1n) is 39.4. The summed E-state index contributed by atoms with van der Waals surface area (Å²) in [7, 11) is 5.67. The van der Waals surface area contributed by atoms with Gasteiger partial charge in [-0.3, -0.25) is 28.7 Å². The normalized spacial score (nSPS) is 18.7. The van der Waals surface area contributed by atoms with Crippen molar-refractivity contribution in [3.05, 3.63) is 259 Å². The number of nitriles is 3. The van der Waals surface area contributed by atoms with Crippen LogP contribution in [0.3, 0.4) is 0 Å². The SMILES string of the molecule is C#Cc1cc(CN2C3CC2CN(c2ccc(-c4cc(-c5cnn(C)c5)cn5ncc(C#N)c45)cn2)C3)ccc1F.C#Cc1cccc(C(C)N2C3CC2CN(c2ccc(-c4cc(-c5cnn(C)c5)cn5ncc(C#N)c45)cn2)C3)n1.C#Cc1cccc(CN2C3CC2CN(c2ccc(-c4cc(-c5cnn(C)c5)cn5ncc(C#N)c45)cn2)C3)n1. The van der Waals surface area contributed by atoms with Crippen LogP contribution < -0.4 is 14.7 Å². The minimum absolute atomic E-state index is 0.217. The first kappa shape index (κ1) is 74.2. The van der Waals surface area contributed by atoms with E-state index in [2.05, 4.69) is 174 Å². The van der Waals surface area contributed by atoms with Gasteiger partial charge in [0.1, 0.15) is 52.9 Å². The molecule has 9 fully saturated rings. The van der Waals surface area contributed by atoms with Crippen LogP contribution in [0.1, 0.15) is 82.8 Å². The second-order valence-electron chi connectivity index (χ2n) is 31.3. The molecule has 0 aliphatic carbocycles. The number of aryl methyl sites for hydroxylation is 3. The summed E-state index contributed by atoms with van der Waals surface area (Å²) in [6.45, 7) is 9.27. The molecule has 0 amide bonds. The maximum Gasteiger partial charge on any atom is 0.138 e. The van der Waals surface area contributed by atoms with Crippen LogP contribution in [0.5, 0.6) is 0 Å². The van der Waals surface area contributed by atoms with Gasteiger partial charge in [0.2, 0.25) is 0 Å². The number of fused-ring (bicyclic) bond motifs is 9. The van der Waals surface area contributed by atoms with Crippen molar-refractivity contribution in [1.29, 1.82) is 15.8 Å². The number of aromatic nitrogens is 17. The molecular weight excluding hydrogens is 1490 g/mol. The molecule has 582 valence electrons. The Morgan fingerprint density at radius 1 is 0.403 bits per heavy atom. The third kappa shape index (κ3) is 14.0. The van der Waals surface area contributed by atoms with Crippen molar-refractivity contribution >= 4 is 34.0 Å². The monoisotopic (exact) mass is 1560 g/mol. The van der Waals surface area contributed by atoms with Gasteiger partial charge in [-0.15, -0.1) is 19.3 Å². The van der Waals surface area contributed by atoms with E-state index < -0.39 is 0 Å². The third-order valence-electron chi connectivity index (χ3n) is 24.0. The molecule has 0 saturated carbocycles. The fraction of sp³-hybridized carbons (Fsp3) is 0.239. The number of hydrogen-bond donors (Lipinski definition) is 0. The van der Waals surface area contributed by atoms with Crippen molar-refractivity contribution < 1.29 is 4.39 Å². The van der Waals surface area contributed by atoms with E-state index in [-0.39, 0.29) is 11.9 Å². The molecule has 119 heavy (non-hydrogen) atoms. The molecule has 0 spiro atoms. The molecule has 6 bridgehead atoms. The molecular formula is C92H77FN26. The van der Waals surface area contributed by atoms with Crippen molar-refractivity contribution in [2.24, 2.45) is 21.1 Å². The molecule has 7 atom stereocenters. The molecule has 15 aromatic rings. The summed E-state index contributed by atoms with van der Waals surface area (Å²) < 4.78 is 24.4. The standard InChI is InChI=1S/C31H25FN8.C31H27N9.C30H25N9/c1-3-21-8-20(4-6-29(21)32)15-39-26-10-27(39)19-38(18-26)30-7-5-22(12-34-30)28-9-23(25-14-35-37(2)16-25)17-40-31(28)24(11-33)13-36-40;1-4-25-6-5-7-29(36-25)20(2)40-26-11-27(40)19-38(18-26)30-9-8-21(13-33-30)28-10-22(24-15-34-37(3)16-24)17-39-31(28)23(12-32)14-35-39;1-3-24-5-4-6-25(35-24)17-38-26-10-27(38)19-37(18-26)29-8-7-20(12-32-29)28-9-21(23-14-33-36(2)15-23)16-39-30(28)22(11-31)13-34-39/h1,4-9,12-14,16-17,26-27H,10,15,18-19H2,2H3;1,5-10,13-17,20,26-27H,11,18-19H2,2-3H3;1,4-9,12-16,26-27H,10,17-19H2,2H3. The topological polar surface area (TPSA) is 261 Å². The van der Waals surface area contributed by atoms with Gasteiger partial charge in [0.05, 0.1) is 87.4 Å². The minimum Gasteiger partial charge on any atom is -0.353 e. The number of halogens is 1. The van der Waals surface area contributed by atoms with E-state index >= 15 is 0 Å². The Morgan fingerprint density at radius 2 is 0.807 bits per heavy atom. The minimum atomic E-state index is -0.350. The van der Waals surface area contributed by atoms with Crippen LogP contribution in [0.4, 0.5) is 21.8 Å². The largest absolute Gasteiger partial charge is 0.353 e. The highest BCUT2D eigenvalue weighted by Gasteiger charge is 2.49. The van der Waals surface area contributed by atoms with Gasteiger partial charge in [-0.25, -0.2) is 42.9 Å². The van der Waals surface area contributed by atoms with E-state index in [1.807, 2.05) is 132 Å². The zero-order chi connectivity index (χ0) is 81.3. The molecule has 1 aromatic carbocycles.